The zero-order valence-corrected chi connectivity index (χ0v) is 16.4. The number of benzene rings is 1. The number of aryl methyl sites for hydroxylation is 2. The summed E-state index contributed by atoms with van der Waals surface area (Å²) in [7, 11) is 0. The molecule has 130 valence electrons. The van der Waals surface area contributed by atoms with Crippen LogP contribution in [0.3, 0.4) is 0 Å². The highest BCUT2D eigenvalue weighted by molar-refractivity contribution is 9.11. The Balaban J connectivity index is 1.77. The molecular formula is C18H18BrN3O2S. The lowest BCUT2D eigenvalue weighted by Crippen LogP contribution is -2.26. The zero-order valence-electron chi connectivity index (χ0n) is 14.0. The minimum Gasteiger partial charge on any atom is -0.352 e. The van der Waals surface area contributed by atoms with Crippen LogP contribution in [0.15, 0.2) is 38.9 Å². The van der Waals surface area contributed by atoms with Crippen LogP contribution in [-0.2, 0) is 13.0 Å². The lowest BCUT2D eigenvalue weighted by Gasteiger charge is -2.10. The highest BCUT2D eigenvalue weighted by Crippen LogP contribution is 2.22. The largest absolute Gasteiger partial charge is 0.352 e. The van der Waals surface area contributed by atoms with Gasteiger partial charge in [0.25, 0.3) is 11.5 Å². The van der Waals surface area contributed by atoms with Crippen molar-refractivity contribution in [3.63, 3.8) is 0 Å². The summed E-state index contributed by atoms with van der Waals surface area (Å²) in [5.74, 6) is -0.133. The zero-order chi connectivity index (χ0) is 18.0. The Morgan fingerprint density at radius 2 is 2.12 bits per heavy atom. The fourth-order valence-corrected chi connectivity index (χ4v) is 4.20. The summed E-state index contributed by atoms with van der Waals surface area (Å²) in [5, 5.41) is 2.93. The number of hydrogen-bond acceptors (Lipinski definition) is 4. The monoisotopic (exact) mass is 419 g/mol. The molecule has 3 rings (SSSR count). The Hall–Kier alpha value is -1.99. The molecule has 5 nitrogen and oxygen atoms in total. The lowest BCUT2D eigenvalue weighted by atomic mass is 10.1. The molecule has 0 atom stereocenters. The maximum atomic E-state index is 12.4. The van der Waals surface area contributed by atoms with Gasteiger partial charge in [0.1, 0.15) is 5.69 Å². The predicted octanol–water partition coefficient (Wildman–Crippen LogP) is 3.52. The summed E-state index contributed by atoms with van der Waals surface area (Å²) >= 11 is 5.10. The first kappa shape index (κ1) is 17.8. The van der Waals surface area contributed by atoms with E-state index in [9.17, 15) is 9.59 Å². The van der Waals surface area contributed by atoms with E-state index in [0.29, 0.717) is 29.9 Å². The molecule has 1 N–H and O–H groups in total. The van der Waals surface area contributed by atoms with Crippen LogP contribution in [0.25, 0.3) is 11.0 Å². The molecule has 0 saturated heterocycles. The Kier molecular flexibility index (Phi) is 5.34. The van der Waals surface area contributed by atoms with E-state index in [4.69, 9.17) is 0 Å². The highest BCUT2D eigenvalue weighted by Gasteiger charge is 2.11. The third-order valence-corrected chi connectivity index (χ3v) is 5.66. The van der Waals surface area contributed by atoms with Crippen LogP contribution in [-0.4, -0.2) is 22.0 Å². The minimum absolute atomic E-state index is 0.0886. The van der Waals surface area contributed by atoms with Gasteiger partial charge in [-0.1, -0.05) is 0 Å². The van der Waals surface area contributed by atoms with Crippen LogP contribution < -0.4 is 10.9 Å². The SMILES string of the molecule is CCn1c(=O)c(C)nc2cc(C(=O)NCCc3ccc(Br)s3)ccc21. The summed E-state index contributed by atoms with van der Waals surface area (Å²) < 4.78 is 2.76. The number of halogens is 1. The van der Waals surface area contributed by atoms with Crippen LogP contribution in [0.1, 0.15) is 27.9 Å². The van der Waals surface area contributed by atoms with Gasteiger partial charge in [0.05, 0.1) is 14.8 Å². The number of nitrogens with one attached hydrogen (secondary N) is 1. The number of carbonyl (C=O) groups excluding carboxylic acids is 1. The number of fused-ring (bicyclic) bond motifs is 1. The van der Waals surface area contributed by atoms with Crippen LogP contribution in [0.2, 0.25) is 0 Å². The number of nitrogens with zero attached hydrogens (tertiary/aromatic N) is 2. The summed E-state index contributed by atoms with van der Waals surface area (Å²) in [6.07, 6.45) is 0.794. The van der Waals surface area contributed by atoms with Gasteiger partial charge in [0.15, 0.2) is 0 Å². The molecule has 25 heavy (non-hydrogen) atoms. The summed E-state index contributed by atoms with van der Waals surface area (Å²) in [5.41, 5.74) is 2.31. The molecule has 0 aliphatic rings. The quantitative estimate of drug-likeness (QED) is 0.687. The van der Waals surface area contributed by atoms with Crippen molar-refractivity contribution in [2.75, 3.05) is 6.54 Å². The van der Waals surface area contributed by atoms with E-state index in [2.05, 4.69) is 26.2 Å². The third kappa shape index (κ3) is 3.82. The first-order valence-corrected chi connectivity index (χ1v) is 9.64. The van der Waals surface area contributed by atoms with E-state index < -0.39 is 0 Å². The van der Waals surface area contributed by atoms with Crippen LogP contribution >= 0.6 is 27.3 Å². The van der Waals surface area contributed by atoms with E-state index in [-0.39, 0.29) is 11.5 Å². The van der Waals surface area contributed by atoms with E-state index in [1.807, 2.05) is 19.1 Å². The Morgan fingerprint density at radius 1 is 1.32 bits per heavy atom. The second-order valence-electron chi connectivity index (χ2n) is 5.66. The number of hydrogen-bond donors (Lipinski definition) is 1. The van der Waals surface area contributed by atoms with E-state index in [1.165, 1.54) is 4.88 Å². The van der Waals surface area contributed by atoms with Gasteiger partial charge in [0.2, 0.25) is 0 Å². The molecule has 0 unspecified atom stereocenters. The molecular weight excluding hydrogens is 402 g/mol. The van der Waals surface area contributed by atoms with Crippen molar-refractivity contribution in [1.29, 1.82) is 0 Å². The van der Waals surface area contributed by atoms with Crippen molar-refractivity contribution < 1.29 is 4.79 Å². The summed E-state index contributed by atoms with van der Waals surface area (Å²) in [6, 6.07) is 9.32. The number of thiophene rings is 1. The first-order valence-electron chi connectivity index (χ1n) is 8.03. The lowest BCUT2D eigenvalue weighted by molar-refractivity contribution is 0.0954. The maximum Gasteiger partial charge on any atom is 0.272 e. The average molecular weight is 420 g/mol. The molecule has 0 spiro atoms. The van der Waals surface area contributed by atoms with Crippen molar-refractivity contribution in [2.24, 2.45) is 0 Å². The second-order valence-corrected chi connectivity index (χ2v) is 8.21. The molecule has 3 aromatic rings. The number of carbonyl (C=O) groups is 1. The Bertz CT molecular complexity index is 994. The summed E-state index contributed by atoms with van der Waals surface area (Å²) in [4.78, 5) is 30.1. The first-order chi connectivity index (χ1) is 12.0. The molecule has 2 aromatic heterocycles. The fraction of sp³-hybridized carbons (Fsp3) is 0.278. The van der Waals surface area contributed by atoms with Gasteiger partial charge in [-0.15, -0.1) is 11.3 Å². The molecule has 0 fully saturated rings. The van der Waals surface area contributed by atoms with Gasteiger partial charge in [0, 0.05) is 23.5 Å². The average Bonchev–Trinajstić information content (AvgIpc) is 3.01. The van der Waals surface area contributed by atoms with Gasteiger partial charge in [-0.2, -0.15) is 0 Å². The highest BCUT2D eigenvalue weighted by atomic mass is 79.9. The molecule has 1 amide bonds. The third-order valence-electron chi connectivity index (χ3n) is 3.97. The number of rotatable bonds is 5. The topological polar surface area (TPSA) is 64.0 Å². The Labute approximate surface area is 157 Å². The molecule has 7 heteroatoms. The van der Waals surface area contributed by atoms with Crippen LogP contribution in [0.4, 0.5) is 0 Å². The van der Waals surface area contributed by atoms with Crippen molar-refractivity contribution in [2.45, 2.75) is 26.8 Å². The van der Waals surface area contributed by atoms with Gasteiger partial charge in [-0.05, 0) is 66.5 Å². The van der Waals surface area contributed by atoms with Crippen LogP contribution in [0.5, 0.6) is 0 Å². The summed E-state index contributed by atoms with van der Waals surface area (Å²) in [6.45, 7) is 4.76. The predicted molar refractivity (Wildman–Crippen MR) is 104 cm³/mol. The van der Waals surface area contributed by atoms with Gasteiger partial charge >= 0.3 is 0 Å². The van der Waals surface area contributed by atoms with Gasteiger partial charge in [-0.3, -0.25) is 9.59 Å². The standard InChI is InChI=1S/C18H18BrN3O2S/c1-3-22-15-6-4-12(10-14(15)21-11(2)18(22)24)17(23)20-9-8-13-5-7-16(19)25-13/h4-7,10H,3,8-9H2,1-2H3,(H,20,23). The van der Waals surface area contributed by atoms with Gasteiger partial charge < -0.3 is 9.88 Å². The van der Waals surface area contributed by atoms with Crippen LogP contribution in [0, 0.1) is 6.92 Å². The Morgan fingerprint density at radius 3 is 2.80 bits per heavy atom. The van der Waals surface area contributed by atoms with E-state index >= 15 is 0 Å². The maximum absolute atomic E-state index is 12.4. The minimum atomic E-state index is -0.133. The normalized spacial score (nSPS) is 11.0. The molecule has 0 bridgehead atoms. The van der Waals surface area contributed by atoms with Crippen molar-refractivity contribution >= 4 is 44.2 Å². The number of amides is 1. The molecule has 0 saturated carbocycles. The fourth-order valence-electron chi connectivity index (χ4n) is 2.72. The smallest absolute Gasteiger partial charge is 0.272 e. The molecule has 0 aliphatic heterocycles. The van der Waals surface area contributed by atoms with Crippen molar-refractivity contribution in [3.05, 3.63) is 60.6 Å². The van der Waals surface area contributed by atoms with E-state index in [0.717, 1.165) is 15.7 Å². The van der Waals surface area contributed by atoms with Crippen molar-refractivity contribution in [1.82, 2.24) is 14.9 Å². The molecule has 1 aromatic carbocycles. The molecule has 2 heterocycles. The van der Waals surface area contributed by atoms with Gasteiger partial charge in [-0.25, -0.2) is 4.98 Å². The van der Waals surface area contributed by atoms with Crippen molar-refractivity contribution in [3.8, 4) is 0 Å². The number of aromatic nitrogens is 2. The molecule has 0 aliphatic carbocycles. The second kappa shape index (κ2) is 7.49. The molecule has 0 radical (unpaired) electrons. The van der Waals surface area contributed by atoms with E-state index in [1.54, 1.807) is 41.0 Å².